The largest absolute Gasteiger partial charge is 0.379 e. The lowest BCUT2D eigenvalue weighted by Crippen LogP contribution is -2.06. The van der Waals surface area contributed by atoms with Gasteiger partial charge in [-0.2, -0.15) is 5.10 Å². The van der Waals surface area contributed by atoms with Crippen LogP contribution in [0.4, 0.5) is 11.4 Å². The van der Waals surface area contributed by atoms with E-state index >= 15 is 0 Å². The topological polar surface area (TPSA) is 73.0 Å². The molecule has 2 rings (SSSR count). The molecule has 7 heteroatoms. The van der Waals surface area contributed by atoms with Crippen LogP contribution < -0.4 is 5.32 Å². The molecule has 0 aliphatic heterocycles. The summed E-state index contributed by atoms with van der Waals surface area (Å²) in [6.07, 6.45) is 1.71. The molecule has 0 fully saturated rings. The zero-order chi connectivity index (χ0) is 14.0. The Kier molecular flexibility index (Phi) is 3.71. The van der Waals surface area contributed by atoms with Crippen molar-refractivity contribution in [3.63, 3.8) is 0 Å². The number of aromatic nitrogens is 2. The summed E-state index contributed by atoms with van der Waals surface area (Å²) < 4.78 is 1.76. The molecular formula is C12H13ClN4O2. The van der Waals surface area contributed by atoms with Crippen molar-refractivity contribution >= 4 is 23.0 Å². The lowest BCUT2D eigenvalue weighted by molar-refractivity contribution is -0.384. The molecule has 0 saturated carbocycles. The van der Waals surface area contributed by atoms with Crippen molar-refractivity contribution in [2.75, 3.05) is 5.32 Å². The third-order valence-corrected chi connectivity index (χ3v) is 3.18. The van der Waals surface area contributed by atoms with Crippen LogP contribution in [0.3, 0.4) is 0 Å². The zero-order valence-corrected chi connectivity index (χ0v) is 11.3. The molecule has 19 heavy (non-hydrogen) atoms. The lowest BCUT2D eigenvalue weighted by atomic mass is 10.1. The first-order valence-corrected chi connectivity index (χ1v) is 6.02. The summed E-state index contributed by atoms with van der Waals surface area (Å²) in [6.45, 7) is 2.38. The average molecular weight is 281 g/mol. The molecule has 0 amide bonds. The predicted octanol–water partition coefficient (Wildman–Crippen LogP) is 2.90. The van der Waals surface area contributed by atoms with Crippen LogP contribution in [-0.4, -0.2) is 14.7 Å². The molecule has 1 N–H and O–H groups in total. The first-order chi connectivity index (χ1) is 8.99. The van der Waals surface area contributed by atoms with E-state index < -0.39 is 4.92 Å². The fourth-order valence-corrected chi connectivity index (χ4v) is 1.99. The third kappa shape index (κ3) is 2.85. The van der Waals surface area contributed by atoms with Crippen molar-refractivity contribution in [2.24, 2.45) is 7.05 Å². The third-order valence-electron chi connectivity index (χ3n) is 2.87. The number of nitrogens with one attached hydrogen (secondary N) is 1. The number of anilines is 1. The molecule has 0 aliphatic rings. The second kappa shape index (κ2) is 5.27. The summed E-state index contributed by atoms with van der Waals surface area (Å²) in [5, 5.41) is 18.2. The Morgan fingerprint density at radius 2 is 2.26 bits per heavy atom. The number of benzene rings is 1. The summed E-state index contributed by atoms with van der Waals surface area (Å²) in [6, 6.07) is 4.94. The number of nitrogens with zero attached hydrogens (tertiary/aromatic N) is 3. The van der Waals surface area contributed by atoms with Crippen LogP contribution in [0, 0.1) is 17.0 Å². The number of nitro groups is 1. The second-order valence-corrected chi connectivity index (χ2v) is 4.58. The maximum absolute atomic E-state index is 10.8. The van der Waals surface area contributed by atoms with Gasteiger partial charge in [0.2, 0.25) is 0 Å². The van der Waals surface area contributed by atoms with Gasteiger partial charge >= 0.3 is 0 Å². The van der Waals surface area contributed by atoms with E-state index in [1.807, 2.05) is 13.1 Å². The highest BCUT2D eigenvalue weighted by atomic mass is 35.5. The minimum Gasteiger partial charge on any atom is -0.379 e. The van der Waals surface area contributed by atoms with Crippen LogP contribution in [-0.2, 0) is 13.6 Å². The minimum absolute atomic E-state index is 0.0785. The smallest absolute Gasteiger partial charge is 0.288 e. The highest BCUT2D eigenvalue weighted by molar-refractivity contribution is 6.33. The first-order valence-electron chi connectivity index (χ1n) is 5.64. The van der Waals surface area contributed by atoms with Crippen molar-refractivity contribution in [1.82, 2.24) is 9.78 Å². The number of nitro benzene ring substituents is 1. The van der Waals surface area contributed by atoms with Gasteiger partial charge < -0.3 is 5.32 Å². The van der Waals surface area contributed by atoms with Crippen molar-refractivity contribution < 1.29 is 4.92 Å². The standard InChI is InChI=1S/C12H13ClN4O2/c1-8-5-12(17(18)19)10(13)6-11(8)14-7-9-3-4-15-16(9)2/h3-6,14H,7H2,1-2H3. The highest BCUT2D eigenvalue weighted by Gasteiger charge is 2.14. The summed E-state index contributed by atoms with van der Waals surface area (Å²) >= 11 is 5.89. The fraction of sp³-hybridized carbons (Fsp3) is 0.250. The Bertz CT molecular complexity index is 624. The van der Waals surface area contributed by atoms with Crippen LogP contribution in [0.15, 0.2) is 24.4 Å². The normalized spacial score (nSPS) is 10.5. The van der Waals surface area contributed by atoms with Crippen molar-refractivity contribution in [1.29, 1.82) is 0 Å². The Morgan fingerprint density at radius 3 is 2.84 bits per heavy atom. The van der Waals surface area contributed by atoms with Crippen LogP contribution in [0.25, 0.3) is 0 Å². The van der Waals surface area contributed by atoms with Crippen molar-refractivity contribution in [3.8, 4) is 0 Å². The zero-order valence-electron chi connectivity index (χ0n) is 10.6. The molecule has 1 aromatic carbocycles. The number of rotatable bonds is 4. The molecule has 0 radical (unpaired) electrons. The van der Waals surface area contributed by atoms with E-state index in [9.17, 15) is 10.1 Å². The van der Waals surface area contributed by atoms with E-state index in [2.05, 4.69) is 10.4 Å². The summed E-state index contributed by atoms with van der Waals surface area (Å²) in [5.41, 5.74) is 2.48. The lowest BCUT2D eigenvalue weighted by Gasteiger charge is -2.10. The van der Waals surface area contributed by atoms with Gasteiger partial charge in [0, 0.05) is 25.0 Å². The molecule has 6 nitrogen and oxygen atoms in total. The molecule has 0 unspecified atom stereocenters. The molecule has 0 bridgehead atoms. The SMILES string of the molecule is Cc1cc([N+](=O)[O-])c(Cl)cc1NCc1ccnn1C. The van der Waals surface area contributed by atoms with E-state index in [0.29, 0.717) is 6.54 Å². The quantitative estimate of drug-likeness (QED) is 0.690. The fourth-order valence-electron chi connectivity index (χ4n) is 1.76. The number of halogens is 1. The Hall–Kier alpha value is -2.08. The molecule has 100 valence electrons. The number of hydrogen-bond donors (Lipinski definition) is 1. The van der Waals surface area contributed by atoms with Gasteiger partial charge in [0.15, 0.2) is 0 Å². The van der Waals surface area contributed by atoms with E-state index in [0.717, 1.165) is 16.9 Å². The maximum atomic E-state index is 10.8. The van der Waals surface area contributed by atoms with Gasteiger partial charge in [0.25, 0.3) is 5.69 Å². The monoisotopic (exact) mass is 280 g/mol. The first kappa shape index (κ1) is 13.4. The summed E-state index contributed by atoms with van der Waals surface area (Å²) in [7, 11) is 1.85. The van der Waals surface area contributed by atoms with Gasteiger partial charge in [0.05, 0.1) is 17.2 Å². The van der Waals surface area contributed by atoms with Gasteiger partial charge in [-0.25, -0.2) is 0 Å². The van der Waals surface area contributed by atoms with E-state index in [1.165, 1.54) is 6.07 Å². The molecule has 1 aromatic heterocycles. The van der Waals surface area contributed by atoms with Gasteiger partial charge in [0.1, 0.15) is 5.02 Å². The average Bonchev–Trinajstić information content (AvgIpc) is 2.75. The van der Waals surface area contributed by atoms with E-state index in [4.69, 9.17) is 11.6 Å². The van der Waals surface area contributed by atoms with Crippen LogP contribution in [0.1, 0.15) is 11.3 Å². The number of hydrogen-bond acceptors (Lipinski definition) is 4. The number of aryl methyl sites for hydroxylation is 2. The molecule has 0 spiro atoms. The van der Waals surface area contributed by atoms with Crippen LogP contribution >= 0.6 is 11.6 Å². The molecule has 0 saturated heterocycles. The van der Waals surface area contributed by atoms with Crippen LogP contribution in [0.2, 0.25) is 5.02 Å². The van der Waals surface area contributed by atoms with Gasteiger partial charge in [-0.3, -0.25) is 14.8 Å². The summed E-state index contributed by atoms with van der Waals surface area (Å²) in [4.78, 5) is 10.3. The van der Waals surface area contributed by atoms with Crippen molar-refractivity contribution in [3.05, 3.63) is 50.8 Å². The molecular weight excluding hydrogens is 268 g/mol. The molecule has 2 aromatic rings. The van der Waals surface area contributed by atoms with E-state index in [-0.39, 0.29) is 10.7 Å². The molecule has 1 heterocycles. The van der Waals surface area contributed by atoms with Crippen LogP contribution in [0.5, 0.6) is 0 Å². The Labute approximate surface area is 115 Å². The van der Waals surface area contributed by atoms with Gasteiger partial charge in [-0.1, -0.05) is 11.6 Å². The Morgan fingerprint density at radius 1 is 1.53 bits per heavy atom. The Balaban J connectivity index is 2.20. The minimum atomic E-state index is -0.486. The molecule has 0 aliphatic carbocycles. The van der Waals surface area contributed by atoms with Gasteiger partial charge in [-0.15, -0.1) is 0 Å². The second-order valence-electron chi connectivity index (χ2n) is 4.18. The molecule has 0 atom stereocenters. The maximum Gasteiger partial charge on any atom is 0.288 e. The highest BCUT2D eigenvalue weighted by Crippen LogP contribution is 2.30. The van der Waals surface area contributed by atoms with E-state index in [1.54, 1.807) is 23.9 Å². The van der Waals surface area contributed by atoms with Crippen molar-refractivity contribution in [2.45, 2.75) is 13.5 Å². The van der Waals surface area contributed by atoms with Gasteiger partial charge in [-0.05, 0) is 24.6 Å². The summed E-state index contributed by atoms with van der Waals surface area (Å²) in [5.74, 6) is 0. The predicted molar refractivity (Wildman–Crippen MR) is 73.4 cm³/mol.